The van der Waals surface area contributed by atoms with E-state index in [9.17, 15) is 4.79 Å². The fourth-order valence-corrected chi connectivity index (χ4v) is 2.33. The van der Waals surface area contributed by atoms with Gasteiger partial charge < -0.3 is 19.8 Å². The Balaban J connectivity index is 1.93. The lowest BCUT2D eigenvalue weighted by Crippen LogP contribution is -2.00. The summed E-state index contributed by atoms with van der Waals surface area (Å²) in [6.45, 7) is 0. The van der Waals surface area contributed by atoms with Crippen LogP contribution in [0.4, 0.5) is 11.4 Å². The van der Waals surface area contributed by atoms with Crippen molar-refractivity contribution in [1.82, 2.24) is 4.98 Å². The average molecular weight is 296 g/mol. The Labute approximate surface area is 127 Å². The molecule has 0 bridgehead atoms. The molecular weight excluding hydrogens is 280 g/mol. The van der Waals surface area contributed by atoms with Gasteiger partial charge in [0.25, 0.3) is 0 Å². The van der Waals surface area contributed by atoms with Gasteiger partial charge in [-0.3, -0.25) is 0 Å². The Kier molecular flexibility index (Phi) is 3.70. The van der Waals surface area contributed by atoms with E-state index in [1.807, 2.05) is 36.5 Å². The highest BCUT2D eigenvalue weighted by molar-refractivity contribution is 5.99. The Morgan fingerprint density at radius 3 is 2.77 bits per heavy atom. The third-order valence-electron chi connectivity index (χ3n) is 3.45. The van der Waals surface area contributed by atoms with Crippen LogP contribution in [-0.2, 0) is 4.74 Å². The van der Waals surface area contributed by atoms with Crippen LogP contribution in [0.5, 0.6) is 5.75 Å². The normalized spacial score (nSPS) is 10.5. The Morgan fingerprint density at radius 2 is 2.00 bits per heavy atom. The first-order valence-corrected chi connectivity index (χ1v) is 6.82. The zero-order valence-corrected chi connectivity index (χ0v) is 12.3. The molecule has 5 nitrogen and oxygen atoms in total. The second kappa shape index (κ2) is 5.81. The monoisotopic (exact) mass is 296 g/mol. The summed E-state index contributed by atoms with van der Waals surface area (Å²) < 4.78 is 9.95. The highest BCUT2D eigenvalue weighted by atomic mass is 16.5. The van der Waals surface area contributed by atoms with Crippen molar-refractivity contribution in [2.24, 2.45) is 0 Å². The summed E-state index contributed by atoms with van der Waals surface area (Å²) in [5, 5.41) is 4.33. The summed E-state index contributed by atoms with van der Waals surface area (Å²) in [5.41, 5.74) is 3.25. The van der Waals surface area contributed by atoms with Crippen LogP contribution in [0.15, 0.2) is 48.7 Å². The van der Waals surface area contributed by atoms with E-state index in [1.54, 1.807) is 19.2 Å². The summed E-state index contributed by atoms with van der Waals surface area (Å²) in [6.07, 6.45) is 1.87. The molecule has 0 unspecified atom stereocenters. The number of ether oxygens (including phenoxy) is 2. The minimum absolute atomic E-state index is 0.348. The van der Waals surface area contributed by atoms with Crippen molar-refractivity contribution in [3.05, 3.63) is 54.2 Å². The van der Waals surface area contributed by atoms with Gasteiger partial charge in [-0.2, -0.15) is 0 Å². The van der Waals surface area contributed by atoms with Crippen molar-refractivity contribution in [1.29, 1.82) is 0 Å². The topological polar surface area (TPSA) is 63.4 Å². The van der Waals surface area contributed by atoms with Gasteiger partial charge in [-0.1, -0.05) is 6.07 Å². The van der Waals surface area contributed by atoms with E-state index in [-0.39, 0.29) is 5.97 Å². The number of hydrogen-bond acceptors (Lipinski definition) is 4. The molecule has 0 amide bonds. The van der Waals surface area contributed by atoms with E-state index in [1.165, 1.54) is 7.11 Å². The summed E-state index contributed by atoms with van der Waals surface area (Å²) >= 11 is 0. The molecule has 0 fully saturated rings. The molecule has 5 heteroatoms. The lowest BCUT2D eigenvalue weighted by Gasteiger charge is -2.07. The molecule has 0 saturated heterocycles. The summed E-state index contributed by atoms with van der Waals surface area (Å²) in [7, 11) is 3.01. The van der Waals surface area contributed by atoms with Crippen LogP contribution in [-0.4, -0.2) is 25.2 Å². The second-order valence-electron chi connectivity index (χ2n) is 4.81. The molecule has 2 aromatic carbocycles. The molecular formula is C17H16N2O3. The molecule has 0 aliphatic carbocycles. The molecule has 22 heavy (non-hydrogen) atoms. The summed E-state index contributed by atoms with van der Waals surface area (Å²) in [6, 6.07) is 13.1. The lowest BCUT2D eigenvalue weighted by atomic mass is 10.1. The second-order valence-corrected chi connectivity index (χ2v) is 4.81. The molecule has 0 aliphatic rings. The number of nitrogens with one attached hydrogen (secondary N) is 2. The number of aromatic nitrogens is 1. The number of H-pyrrole nitrogens is 1. The first-order valence-electron chi connectivity index (χ1n) is 6.82. The van der Waals surface area contributed by atoms with E-state index in [2.05, 4.69) is 10.3 Å². The predicted octanol–water partition coefficient (Wildman–Crippen LogP) is 3.71. The van der Waals surface area contributed by atoms with Gasteiger partial charge in [-0.25, -0.2) is 4.79 Å². The number of hydrogen-bond donors (Lipinski definition) is 2. The number of anilines is 2. The standard InChI is InChI=1S/C17H16N2O3/c1-21-13-5-3-4-12(9-13)19-16-10-18-15-8-11(17(20)22-2)6-7-14(15)16/h3-10,18-19H,1-2H3. The van der Waals surface area contributed by atoms with E-state index < -0.39 is 0 Å². The maximum atomic E-state index is 11.6. The highest BCUT2D eigenvalue weighted by Crippen LogP contribution is 2.28. The molecule has 0 spiro atoms. The van der Waals surface area contributed by atoms with Crippen LogP contribution < -0.4 is 10.1 Å². The average Bonchev–Trinajstić information content (AvgIpc) is 2.96. The molecule has 0 saturated carbocycles. The first kappa shape index (κ1) is 14.0. The van der Waals surface area contributed by atoms with E-state index in [4.69, 9.17) is 9.47 Å². The third-order valence-corrected chi connectivity index (χ3v) is 3.45. The fourth-order valence-electron chi connectivity index (χ4n) is 2.33. The molecule has 1 heterocycles. The Morgan fingerprint density at radius 1 is 1.14 bits per heavy atom. The lowest BCUT2D eigenvalue weighted by molar-refractivity contribution is 0.0601. The Bertz CT molecular complexity index is 824. The molecule has 3 aromatic rings. The fraction of sp³-hybridized carbons (Fsp3) is 0.118. The van der Waals surface area contributed by atoms with Crippen molar-refractivity contribution in [2.75, 3.05) is 19.5 Å². The van der Waals surface area contributed by atoms with E-state index in [0.717, 1.165) is 28.0 Å². The van der Waals surface area contributed by atoms with E-state index >= 15 is 0 Å². The van der Waals surface area contributed by atoms with Crippen molar-refractivity contribution < 1.29 is 14.3 Å². The number of aromatic amines is 1. The molecule has 112 valence electrons. The smallest absolute Gasteiger partial charge is 0.337 e. The van der Waals surface area contributed by atoms with Gasteiger partial charge in [0.2, 0.25) is 0 Å². The van der Waals surface area contributed by atoms with Gasteiger partial charge >= 0.3 is 5.97 Å². The van der Waals surface area contributed by atoms with Gasteiger partial charge in [-0.15, -0.1) is 0 Å². The number of esters is 1. The highest BCUT2D eigenvalue weighted by Gasteiger charge is 2.09. The molecule has 3 rings (SSSR count). The zero-order valence-electron chi connectivity index (χ0n) is 12.3. The number of methoxy groups -OCH3 is 2. The van der Waals surface area contributed by atoms with Crippen molar-refractivity contribution in [3.63, 3.8) is 0 Å². The molecule has 1 aromatic heterocycles. The number of benzene rings is 2. The summed E-state index contributed by atoms with van der Waals surface area (Å²) in [5.74, 6) is 0.441. The predicted molar refractivity (Wildman–Crippen MR) is 85.9 cm³/mol. The van der Waals surface area contributed by atoms with Crippen molar-refractivity contribution in [2.45, 2.75) is 0 Å². The number of carbonyl (C=O) groups is 1. The summed E-state index contributed by atoms with van der Waals surface area (Å²) in [4.78, 5) is 14.7. The maximum Gasteiger partial charge on any atom is 0.337 e. The first-order chi connectivity index (χ1) is 10.7. The van der Waals surface area contributed by atoms with Crippen molar-refractivity contribution >= 4 is 28.2 Å². The van der Waals surface area contributed by atoms with Crippen molar-refractivity contribution in [3.8, 4) is 5.75 Å². The molecule has 2 N–H and O–H groups in total. The SMILES string of the molecule is COC(=O)c1ccc2c(Nc3cccc(OC)c3)c[nH]c2c1. The van der Waals surface area contributed by atoms with E-state index in [0.29, 0.717) is 5.56 Å². The van der Waals surface area contributed by atoms with Crippen LogP contribution in [0, 0.1) is 0 Å². The maximum absolute atomic E-state index is 11.6. The van der Waals surface area contributed by atoms with Crippen LogP contribution in [0.1, 0.15) is 10.4 Å². The van der Waals surface area contributed by atoms with Gasteiger partial charge in [0.1, 0.15) is 5.75 Å². The van der Waals surface area contributed by atoms with Crippen LogP contribution in [0.25, 0.3) is 10.9 Å². The van der Waals surface area contributed by atoms with Crippen LogP contribution in [0.3, 0.4) is 0 Å². The van der Waals surface area contributed by atoms with Gasteiger partial charge in [0, 0.05) is 28.9 Å². The quantitative estimate of drug-likeness (QED) is 0.720. The van der Waals surface area contributed by atoms with Gasteiger partial charge in [-0.05, 0) is 30.3 Å². The van der Waals surface area contributed by atoms with Crippen LogP contribution in [0.2, 0.25) is 0 Å². The minimum atomic E-state index is -0.348. The third kappa shape index (κ3) is 2.61. The minimum Gasteiger partial charge on any atom is -0.497 e. The molecule has 0 atom stereocenters. The molecule has 0 aliphatic heterocycles. The number of fused-ring (bicyclic) bond motifs is 1. The number of carbonyl (C=O) groups excluding carboxylic acids is 1. The Hall–Kier alpha value is -2.95. The largest absolute Gasteiger partial charge is 0.497 e. The van der Waals surface area contributed by atoms with Crippen LogP contribution >= 0.6 is 0 Å². The van der Waals surface area contributed by atoms with Gasteiger partial charge in [0.05, 0.1) is 25.5 Å². The molecule has 0 radical (unpaired) electrons. The van der Waals surface area contributed by atoms with Gasteiger partial charge in [0.15, 0.2) is 0 Å². The number of rotatable bonds is 4. The zero-order chi connectivity index (χ0) is 15.5.